The number of carbonyl (C=O) groups excluding carboxylic acids is 1. The molecule has 2 aromatic rings. The first-order valence-electron chi connectivity index (χ1n) is 6.35. The molecule has 112 valence electrons. The number of ether oxygens (including phenoxy) is 2. The number of methoxy groups -OCH3 is 1. The predicted octanol–water partition coefficient (Wildman–Crippen LogP) is 1.63. The number of thiazole rings is 1. The maximum atomic E-state index is 11.9. The number of carbonyl (C=O) groups is 1. The Balaban J connectivity index is 2.01. The second kappa shape index (κ2) is 7.72. The van der Waals surface area contributed by atoms with Crippen LogP contribution < -0.4 is 15.8 Å². The second-order valence-corrected chi connectivity index (χ2v) is 5.03. The van der Waals surface area contributed by atoms with Gasteiger partial charge in [-0.05, 0) is 12.1 Å². The lowest BCUT2D eigenvalue weighted by Crippen LogP contribution is -2.39. The summed E-state index contributed by atoms with van der Waals surface area (Å²) in [4.78, 5) is 16.0. The maximum Gasteiger partial charge on any atom is 0.243 e. The summed E-state index contributed by atoms with van der Waals surface area (Å²) in [6.07, 6.45) is 0. The van der Waals surface area contributed by atoms with Gasteiger partial charge in [-0.2, -0.15) is 0 Å². The third kappa shape index (κ3) is 4.52. The van der Waals surface area contributed by atoms with Gasteiger partial charge in [-0.25, -0.2) is 4.98 Å². The van der Waals surface area contributed by atoms with Crippen LogP contribution in [-0.2, 0) is 16.1 Å². The molecule has 1 aromatic heterocycles. The number of nitrogens with two attached hydrogens (primary N) is 1. The Morgan fingerprint density at radius 2 is 2.29 bits per heavy atom. The van der Waals surface area contributed by atoms with Crippen molar-refractivity contribution in [2.45, 2.75) is 12.6 Å². The van der Waals surface area contributed by atoms with Gasteiger partial charge in [-0.1, -0.05) is 12.1 Å². The van der Waals surface area contributed by atoms with E-state index < -0.39 is 6.04 Å². The zero-order chi connectivity index (χ0) is 15.1. The smallest absolute Gasteiger partial charge is 0.243 e. The van der Waals surface area contributed by atoms with Gasteiger partial charge >= 0.3 is 0 Å². The molecule has 0 aliphatic heterocycles. The largest absolute Gasteiger partial charge is 0.485 e. The lowest BCUT2D eigenvalue weighted by Gasteiger charge is -2.14. The van der Waals surface area contributed by atoms with Gasteiger partial charge in [0.2, 0.25) is 5.91 Å². The molecule has 0 aliphatic rings. The van der Waals surface area contributed by atoms with Crippen LogP contribution in [-0.4, -0.2) is 30.6 Å². The summed E-state index contributed by atoms with van der Waals surface area (Å²) in [6.45, 7) is 0.508. The normalized spacial score (nSPS) is 11.9. The van der Waals surface area contributed by atoms with Crippen molar-refractivity contribution in [3.05, 3.63) is 40.8 Å². The predicted molar refractivity (Wildman–Crippen MR) is 81.4 cm³/mol. The highest BCUT2D eigenvalue weighted by Gasteiger charge is 2.15. The van der Waals surface area contributed by atoms with Crippen molar-refractivity contribution < 1.29 is 14.3 Å². The average molecular weight is 307 g/mol. The molecular weight excluding hydrogens is 290 g/mol. The first-order valence-corrected chi connectivity index (χ1v) is 7.29. The Morgan fingerprint density at radius 1 is 1.48 bits per heavy atom. The van der Waals surface area contributed by atoms with Crippen molar-refractivity contribution in [3.8, 4) is 5.75 Å². The van der Waals surface area contributed by atoms with E-state index in [-0.39, 0.29) is 12.5 Å². The summed E-state index contributed by atoms with van der Waals surface area (Å²) >= 11 is 1.51. The molecule has 2 rings (SSSR count). The Kier molecular flexibility index (Phi) is 5.68. The summed E-state index contributed by atoms with van der Waals surface area (Å²) < 4.78 is 10.5. The highest BCUT2D eigenvalue weighted by Crippen LogP contribution is 2.24. The average Bonchev–Trinajstić information content (AvgIpc) is 3.00. The van der Waals surface area contributed by atoms with Gasteiger partial charge in [0.25, 0.3) is 0 Å². The number of amides is 1. The molecule has 1 amide bonds. The van der Waals surface area contributed by atoms with Crippen LogP contribution in [0.4, 0.5) is 5.69 Å². The van der Waals surface area contributed by atoms with Crippen LogP contribution in [0.5, 0.6) is 5.75 Å². The van der Waals surface area contributed by atoms with Gasteiger partial charge in [-0.3, -0.25) is 4.79 Å². The molecule has 0 bridgehead atoms. The van der Waals surface area contributed by atoms with Crippen molar-refractivity contribution in [2.75, 3.05) is 19.0 Å². The van der Waals surface area contributed by atoms with Crippen molar-refractivity contribution >= 4 is 22.9 Å². The van der Waals surface area contributed by atoms with E-state index in [2.05, 4.69) is 10.3 Å². The Hall–Kier alpha value is -1.96. The number of rotatable bonds is 7. The minimum Gasteiger partial charge on any atom is -0.485 e. The zero-order valence-corrected chi connectivity index (χ0v) is 12.4. The first-order chi connectivity index (χ1) is 10.2. The SMILES string of the molecule is COCC(N)C(=O)Nc1ccccc1OCc1cscn1. The molecule has 1 unspecified atom stereocenters. The molecule has 0 spiro atoms. The summed E-state index contributed by atoms with van der Waals surface area (Å²) in [5.74, 6) is 0.255. The Labute approximate surface area is 126 Å². The molecule has 1 heterocycles. The van der Waals surface area contributed by atoms with E-state index in [1.807, 2.05) is 17.5 Å². The first kappa shape index (κ1) is 15.4. The van der Waals surface area contributed by atoms with Crippen LogP contribution in [0.2, 0.25) is 0 Å². The van der Waals surface area contributed by atoms with E-state index in [0.717, 1.165) is 5.69 Å². The van der Waals surface area contributed by atoms with E-state index in [4.69, 9.17) is 15.2 Å². The number of benzene rings is 1. The molecule has 0 fully saturated rings. The number of nitrogens with zero attached hydrogens (tertiary/aromatic N) is 1. The highest BCUT2D eigenvalue weighted by atomic mass is 32.1. The van der Waals surface area contributed by atoms with Gasteiger partial charge in [0.1, 0.15) is 18.4 Å². The molecular formula is C14H17N3O3S. The summed E-state index contributed by atoms with van der Waals surface area (Å²) in [7, 11) is 1.50. The summed E-state index contributed by atoms with van der Waals surface area (Å²) in [6, 6.07) is 6.47. The molecule has 1 atom stereocenters. The van der Waals surface area contributed by atoms with Crippen molar-refractivity contribution in [1.82, 2.24) is 4.98 Å². The molecule has 0 saturated carbocycles. The fourth-order valence-electron chi connectivity index (χ4n) is 1.64. The van der Waals surface area contributed by atoms with Gasteiger partial charge in [0.05, 0.1) is 23.5 Å². The van der Waals surface area contributed by atoms with E-state index in [9.17, 15) is 4.79 Å². The van der Waals surface area contributed by atoms with Crippen LogP contribution in [0, 0.1) is 0 Å². The minimum atomic E-state index is -0.721. The van der Waals surface area contributed by atoms with Crippen LogP contribution in [0.25, 0.3) is 0 Å². The highest BCUT2D eigenvalue weighted by molar-refractivity contribution is 7.07. The van der Waals surface area contributed by atoms with Gasteiger partial charge in [0, 0.05) is 12.5 Å². The quantitative estimate of drug-likeness (QED) is 0.812. The third-order valence-corrected chi connectivity index (χ3v) is 3.32. The number of nitrogens with one attached hydrogen (secondary N) is 1. The van der Waals surface area contributed by atoms with E-state index in [0.29, 0.717) is 18.0 Å². The summed E-state index contributed by atoms with van der Waals surface area (Å²) in [5, 5.41) is 4.65. The molecule has 0 saturated heterocycles. The zero-order valence-electron chi connectivity index (χ0n) is 11.6. The van der Waals surface area contributed by atoms with Gasteiger partial charge < -0.3 is 20.5 Å². The topological polar surface area (TPSA) is 86.5 Å². The van der Waals surface area contributed by atoms with Crippen LogP contribution in [0.3, 0.4) is 0 Å². The summed E-state index contributed by atoms with van der Waals surface area (Å²) in [5.41, 5.74) is 8.85. The Morgan fingerprint density at radius 3 is 3.00 bits per heavy atom. The lowest BCUT2D eigenvalue weighted by molar-refractivity contribution is -0.118. The molecule has 3 N–H and O–H groups in total. The van der Waals surface area contributed by atoms with Crippen LogP contribution >= 0.6 is 11.3 Å². The monoisotopic (exact) mass is 307 g/mol. The molecule has 1 aromatic carbocycles. The number of hydrogen-bond acceptors (Lipinski definition) is 6. The minimum absolute atomic E-state index is 0.160. The molecule has 7 heteroatoms. The van der Waals surface area contributed by atoms with Crippen molar-refractivity contribution in [3.63, 3.8) is 0 Å². The van der Waals surface area contributed by atoms with Crippen molar-refractivity contribution in [1.29, 1.82) is 0 Å². The number of para-hydroxylation sites is 2. The molecule has 0 radical (unpaired) electrons. The maximum absolute atomic E-state index is 11.9. The van der Waals surface area contributed by atoms with Crippen molar-refractivity contribution in [2.24, 2.45) is 5.73 Å². The van der Waals surface area contributed by atoms with Gasteiger partial charge in [0.15, 0.2) is 0 Å². The van der Waals surface area contributed by atoms with Gasteiger partial charge in [-0.15, -0.1) is 11.3 Å². The van der Waals surface area contributed by atoms with E-state index >= 15 is 0 Å². The second-order valence-electron chi connectivity index (χ2n) is 4.32. The molecule has 0 aliphatic carbocycles. The standard InChI is InChI=1S/C14H17N3O3S/c1-19-7-11(15)14(18)17-12-4-2-3-5-13(12)20-6-10-8-21-9-16-10/h2-5,8-9,11H,6-7,15H2,1H3,(H,17,18). The number of aromatic nitrogens is 1. The molecule has 6 nitrogen and oxygen atoms in total. The number of anilines is 1. The fourth-order valence-corrected chi connectivity index (χ4v) is 2.18. The fraction of sp³-hybridized carbons (Fsp3) is 0.286. The van der Waals surface area contributed by atoms with E-state index in [1.165, 1.54) is 18.4 Å². The van der Waals surface area contributed by atoms with Crippen LogP contribution in [0.15, 0.2) is 35.2 Å². The third-order valence-electron chi connectivity index (χ3n) is 2.69. The molecule has 21 heavy (non-hydrogen) atoms. The Bertz CT molecular complexity index is 575. The van der Waals surface area contributed by atoms with E-state index in [1.54, 1.807) is 17.6 Å². The van der Waals surface area contributed by atoms with Crippen LogP contribution in [0.1, 0.15) is 5.69 Å². The number of hydrogen-bond donors (Lipinski definition) is 2. The lowest BCUT2D eigenvalue weighted by atomic mass is 10.2.